The molecule has 0 saturated carbocycles. The van der Waals surface area contributed by atoms with Crippen molar-refractivity contribution in [1.29, 1.82) is 0 Å². The van der Waals surface area contributed by atoms with Crippen molar-refractivity contribution in [3.8, 4) is 23.3 Å². The number of aromatic nitrogens is 1. The van der Waals surface area contributed by atoms with Crippen molar-refractivity contribution in [2.24, 2.45) is 0 Å². The number of phenols is 1. The van der Waals surface area contributed by atoms with Crippen LogP contribution in [0.3, 0.4) is 0 Å². The molecule has 29 heavy (non-hydrogen) atoms. The molecule has 1 aromatic heterocycles. The Bertz CT molecular complexity index is 910. The van der Waals surface area contributed by atoms with Crippen LogP contribution in [0.15, 0.2) is 24.4 Å². The van der Waals surface area contributed by atoms with Crippen LogP contribution in [0.2, 0.25) is 5.02 Å². The molecule has 1 atom stereocenters. The summed E-state index contributed by atoms with van der Waals surface area (Å²) in [5, 5.41) is 12.4. The van der Waals surface area contributed by atoms with E-state index in [1.807, 2.05) is 13.8 Å². The van der Waals surface area contributed by atoms with E-state index in [0.717, 1.165) is 6.07 Å². The van der Waals surface area contributed by atoms with Crippen LogP contribution in [0.25, 0.3) is 0 Å². The molecule has 6 nitrogen and oxygen atoms in total. The van der Waals surface area contributed by atoms with E-state index in [9.17, 15) is 14.3 Å². The molecule has 1 heterocycles. The number of hydrogen-bond donors (Lipinski definition) is 3. The van der Waals surface area contributed by atoms with Crippen LogP contribution in [-0.4, -0.2) is 22.5 Å². The number of benzene rings is 1. The van der Waals surface area contributed by atoms with Gasteiger partial charge in [-0.1, -0.05) is 44.2 Å². The van der Waals surface area contributed by atoms with E-state index in [1.165, 1.54) is 12.3 Å². The standard InChI is InChI=1S/C19H19ClFN3O3.C2H6/c1-3-16(26)23-8-4-5-12-9-15(19(22)24-10-12)27-11(2)17-14(25)7-6-13(21)18(17)20;1-2/h6-7,9-11,25H,3,8H2,1-2H3,(H2,22,24)(H,23,26);1-2H3. The van der Waals surface area contributed by atoms with Gasteiger partial charge in [-0.2, -0.15) is 0 Å². The average molecular weight is 422 g/mol. The maximum absolute atomic E-state index is 13.7. The van der Waals surface area contributed by atoms with Crippen LogP contribution in [0.4, 0.5) is 10.2 Å². The molecule has 1 aromatic carbocycles. The zero-order valence-corrected chi connectivity index (χ0v) is 17.6. The zero-order chi connectivity index (χ0) is 22.0. The molecule has 8 heteroatoms. The van der Waals surface area contributed by atoms with Gasteiger partial charge in [-0.05, 0) is 19.1 Å². The van der Waals surface area contributed by atoms with E-state index < -0.39 is 11.9 Å². The monoisotopic (exact) mass is 421 g/mol. The highest BCUT2D eigenvalue weighted by Gasteiger charge is 2.20. The number of carbonyl (C=O) groups excluding carboxylic acids is 1. The Balaban J connectivity index is 0.00000204. The summed E-state index contributed by atoms with van der Waals surface area (Å²) in [6.45, 7) is 7.55. The van der Waals surface area contributed by atoms with Gasteiger partial charge in [0.2, 0.25) is 5.91 Å². The number of amides is 1. The summed E-state index contributed by atoms with van der Waals surface area (Å²) < 4.78 is 19.4. The van der Waals surface area contributed by atoms with Gasteiger partial charge in [-0.15, -0.1) is 0 Å². The minimum atomic E-state index is -0.788. The lowest BCUT2D eigenvalue weighted by atomic mass is 10.1. The summed E-state index contributed by atoms with van der Waals surface area (Å²) in [7, 11) is 0. The number of nitrogens with one attached hydrogen (secondary N) is 1. The van der Waals surface area contributed by atoms with Crippen molar-refractivity contribution < 1.29 is 19.0 Å². The SMILES string of the molecule is CC.CCC(=O)NCC#Cc1cnc(N)c(OC(C)c2c(O)ccc(F)c2Cl)c1. The molecule has 2 rings (SSSR count). The molecule has 0 spiro atoms. The number of pyridine rings is 1. The third kappa shape index (κ3) is 6.84. The first-order valence-corrected chi connectivity index (χ1v) is 9.55. The molecule has 156 valence electrons. The summed E-state index contributed by atoms with van der Waals surface area (Å²) in [6, 6.07) is 3.83. The minimum Gasteiger partial charge on any atom is -0.507 e. The number of ether oxygens (including phenoxy) is 1. The second-order valence-electron chi connectivity index (χ2n) is 5.59. The number of anilines is 1. The Morgan fingerprint density at radius 3 is 2.79 bits per heavy atom. The Labute approximate surface area is 175 Å². The smallest absolute Gasteiger partial charge is 0.220 e. The fraction of sp³-hybridized carbons (Fsp3) is 0.333. The third-order valence-electron chi connectivity index (χ3n) is 3.63. The van der Waals surface area contributed by atoms with E-state index in [1.54, 1.807) is 19.9 Å². The molecule has 1 amide bonds. The Morgan fingerprint density at radius 1 is 1.45 bits per heavy atom. The van der Waals surface area contributed by atoms with Crippen molar-refractivity contribution in [3.63, 3.8) is 0 Å². The van der Waals surface area contributed by atoms with Gasteiger partial charge in [-0.25, -0.2) is 9.37 Å². The third-order valence-corrected chi connectivity index (χ3v) is 4.01. The number of aromatic hydroxyl groups is 1. The highest BCUT2D eigenvalue weighted by Crippen LogP contribution is 2.36. The molecule has 2 aromatic rings. The number of hydrogen-bond acceptors (Lipinski definition) is 5. The molecular formula is C21H25ClFN3O3. The lowest BCUT2D eigenvalue weighted by Gasteiger charge is -2.18. The van der Waals surface area contributed by atoms with Crippen LogP contribution in [0, 0.1) is 17.7 Å². The van der Waals surface area contributed by atoms with Gasteiger partial charge in [0, 0.05) is 24.2 Å². The summed E-state index contributed by atoms with van der Waals surface area (Å²) >= 11 is 5.93. The average Bonchev–Trinajstić information content (AvgIpc) is 2.72. The lowest BCUT2D eigenvalue weighted by molar-refractivity contribution is -0.120. The summed E-state index contributed by atoms with van der Waals surface area (Å²) in [5.41, 5.74) is 6.45. The Kier molecular flexibility index (Phi) is 9.76. The predicted molar refractivity (Wildman–Crippen MR) is 112 cm³/mol. The van der Waals surface area contributed by atoms with E-state index in [-0.39, 0.29) is 40.4 Å². The number of phenolic OH excluding ortho intramolecular Hbond substituents is 1. The van der Waals surface area contributed by atoms with Gasteiger partial charge < -0.3 is 20.9 Å². The van der Waals surface area contributed by atoms with Gasteiger partial charge in [-0.3, -0.25) is 4.79 Å². The predicted octanol–water partition coefficient (Wildman–Crippen LogP) is 4.21. The van der Waals surface area contributed by atoms with Crippen molar-refractivity contribution in [2.45, 2.75) is 40.2 Å². The second kappa shape index (κ2) is 11.8. The molecule has 0 aliphatic rings. The van der Waals surface area contributed by atoms with Crippen molar-refractivity contribution >= 4 is 23.3 Å². The van der Waals surface area contributed by atoms with Crippen LogP contribution in [-0.2, 0) is 4.79 Å². The number of halogens is 2. The van der Waals surface area contributed by atoms with Crippen LogP contribution < -0.4 is 15.8 Å². The Hall–Kier alpha value is -2.98. The largest absolute Gasteiger partial charge is 0.507 e. The number of nitrogens with zero attached hydrogens (tertiary/aromatic N) is 1. The fourth-order valence-electron chi connectivity index (χ4n) is 2.22. The van der Waals surface area contributed by atoms with Crippen LogP contribution in [0.1, 0.15) is 51.3 Å². The van der Waals surface area contributed by atoms with Gasteiger partial charge in [0.15, 0.2) is 11.6 Å². The summed E-state index contributed by atoms with van der Waals surface area (Å²) in [5.74, 6) is 5.01. The molecule has 4 N–H and O–H groups in total. The Morgan fingerprint density at radius 2 is 2.14 bits per heavy atom. The first-order chi connectivity index (χ1) is 13.8. The number of nitrogen functional groups attached to an aromatic ring is 1. The molecular weight excluding hydrogens is 397 g/mol. The minimum absolute atomic E-state index is 0.0932. The first kappa shape index (κ1) is 24.1. The fourth-order valence-corrected chi connectivity index (χ4v) is 2.54. The van der Waals surface area contributed by atoms with Crippen molar-refractivity contribution in [3.05, 3.63) is 46.4 Å². The van der Waals surface area contributed by atoms with Gasteiger partial charge in [0.1, 0.15) is 17.7 Å². The van der Waals surface area contributed by atoms with E-state index in [0.29, 0.717) is 12.0 Å². The molecule has 0 fully saturated rings. The molecule has 0 radical (unpaired) electrons. The molecule has 0 saturated heterocycles. The first-order valence-electron chi connectivity index (χ1n) is 9.18. The second-order valence-corrected chi connectivity index (χ2v) is 5.97. The van der Waals surface area contributed by atoms with Crippen LogP contribution in [0.5, 0.6) is 11.5 Å². The number of rotatable bonds is 5. The van der Waals surface area contributed by atoms with E-state index in [2.05, 4.69) is 22.1 Å². The molecule has 0 aliphatic carbocycles. The zero-order valence-electron chi connectivity index (χ0n) is 16.8. The van der Waals surface area contributed by atoms with E-state index in [4.69, 9.17) is 22.1 Å². The summed E-state index contributed by atoms with van der Waals surface area (Å²) in [4.78, 5) is 15.2. The number of carbonyl (C=O) groups is 1. The van der Waals surface area contributed by atoms with Crippen molar-refractivity contribution in [1.82, 2.24) is 10.3 Å². The quantitative estimate of drug-likeness (QED) is 0.628. The van der Waals surface area contributed by atoms with Crippen LogP contribution >= 0.6 is 11.6 Å². The molecule has 1 unspecified atom stereocenters. The number of nitrogens with two attached hydrogens (primary N) is 1. The summed E-state index contributed by atoms with van der Waals surface area (Å²) in [6.07, 6.45) is 1.06. The maximum Gasteiger partial charge on any atom is 0.220 e. The highest BCUT2D eigenvalue weighted by molar-refractivity contribution is 6.31. The molecule has 0 aliphatic heterocycles. The van der Waals surface area contributed by atoms with Crippen molar-refractivity contribution in [2.75, 3.05) is 12.3 Å². The van der Waals surface area contributed by atoms with Gasteiger partial charge in [0.05, 0.1) is 17.1 Å². The molecule has 0 bridgehead atoms. The highest BCUT2D eigenvalue weighted by atomic mass is 35.5. The maximum atomic E-state index is 13.7. The van der Waals surface area contributed by atoms with Gasteiger partial charge in [0.25, 0.3) is 0 Å². The van der Waals surface area contributed by atoms with E-state index >= 15 is 0 Å². The normalized spacial score (nSPS) is 10.7. The lowest BCUT2D eigenvalue weighted by Crippen LogP contribution is -2.22. The topological polar surface area (TPSA) is 97.5 Å². The van der Waals surface area contributed by atoms with Gasteiger partial charge >= 0.3 is 0 Å².